The van der Waals surface area contributed by atoms with Crippen molar-refractivity contribution in [2.24, 2.45) is 0 Å². The molecular formula is C32H40FN3O5S. The summed E-state index contributed by atoms with van der Waals surface area (Å²) in [5.41, 5.74) is 2.00. The number of halogens is 1. The summed E-state index contributed by atoms with van der Waals surface area (Å²) in [7, 11) is -2.15. The molecule has 2 atom stereocenters. The fourth-order valence-electron chi connectivity index (χ4n) is 4.55. The molecule has 2 amide bonds. The van der Waals surface area contributed by atoms with Gasteiger partial charge in [-0.15, -0.1) is 0 Å². The van der Waals surface area contributed by atoms with Crippen LogP contribution in [0.4, 0.5) is 10.1 Å². The highest BCUT2D eigenvalue weighted by Crippen LogP contribution is 2.24. The van der Waals surface area contributed by atoms with E-state index in [1.54, 1.807) is 36.4 Å². The standard InChI is InChI=1S/C32H40FN3O5S/c1-5-24(2)34-32(38)30(21-25-11-7-6-8-12-25)35(23-26-16-18-27(33)19-17-26)31(37)15-10-20-36(42(4,39)40)28-13-9-14-29(22-28)41-3/h6-9,11-14,16-19,22,24,30H,5,10,15,20-21,23H2,1-4H3,(H,34,38)/t24-,30+/m1/s1. The summed E-state index contributed by atoms with van der Waals surface area (Å²) in [4.78, 5) is 29.0. The average molecular weight is 598 g/mol. The van der Waals surface area contributed by atoms with E-state index in [2.05, 4.69) is 5.32 Å². The van der Waals surface area contributed by atoms with E-state index in [9.17, 15) is 22.4 Å². The predicted molar refractivity (Wildman–Crippen MR) is 163 cm³/mol. The van der Waals surface area contributed by atoms with Gasteiger partial charge >= 0.3 is 0 Å². The average Bonchev–Trinajstić information content (AvgIpc) is 2.97. The number of anilines is 1. The molecular weight excluding hydrogens is 557 g/mol. The van der Waals surface area contributed by atoms with Gasteiger partial charge in [0.15, 0.2) is 0 Å². The van der Waals surface area contributed by atoms with Crippen LogP contribution in [0.1, 0.15) is 44.2 Å². The zero-order valence-electron chi connectivity index (χ0n) is 24.6. The molecule has 0 radical (unpaired) electrons. The van der Waals surface area contributed by atoms with Crippen molar-refractivity contribution in [3.05, 3.63) is 95.8 Å². The molecule has 42 heavy (non-hydrogen) atoms. The number of methoxy groups -OCH3 is 1. The first-order valence-electron chi connectivity index (χ1n) is 14.0. The smallest absolute Gasteiger partial charge is 0.243 e. The second-order valence-electron chi connectivity index (χ2n) is 10.3. The lowest BCUT2D eigenvalue weighted by Gasteiger charge is -2.32. The number of hydrogen-bond donors (Lipinski definition) is 1. The van der Waals surface area contributed by atoms with Crippen LogP contribution in [0.5, 0.6) is 5.75 Å². The van der Waals surface area contributed by atoms with Crippen LogP contribution in [0.3, 0.4) is 0 Å². The normalized spacial score (nSPS) is 12.7. The molecule has 0 aliphatic carbocycles. The second kappa shape index (κ2) is 15.3. The second-order valence-corrected chi connectivity index (χ2v) is 12.2. The van der Waals surface area contributed by atoms with Crippen molar-refractivity contribution in [1.82, 2.24) is 10.2 Å². The maximum Gasteiger partial charge on any atom is 0.243 e. The molecule has 0 bridgehead atoms. The molecule has 0 heterocycles. The van der Waals surface area contributed by atoms with E-state index in [0.717, 1.165) is 18.2 Å². The van der Waals surface area contributed by atoms with Gasteiger partial charge in [-0.2, -0.15) is 0 Å². The van der Waals surface area contributed by atoms with Gasteiger partial charge in [0.1, 0.15) is 17.6 Å². The van der Waals surface area contributed by atoms with Crippen LogP contribution in [0.2, 0.25) is 0 Å². The third kappa shape index (κ3) is 9.58. The number of nitrogens with zero attached hydrogens (tertiary/aromatic N) is 2. The van der Waals surface area contributed by atoms with Crippen molar-refractivity contribution in [2.45, 2.75) is 58.2 Å². The number of hydrogen-bond acceptors (Lipinski definition) is 5. The fourth-order valence-corrected chi connectivity index (χ4v) is 5.51. The Morgan fingerprint density at radius 3 is 2.29 bits per heavy atom. The van der Waals surface area contributed by atoms with Gasteiger partial charge < -0.3 is 15.0 Å². The lowest BCUT2D eigenvalue weighted by Crippen LogP contribution is -2.52. The highest BCUT2D eigenvalue weighted by atomic mass is 32.2. The zero-order valence-corrected chi connectivity index (χ0v) is 25.4. The van der Waals surface area contributed by atoms with Gasteiger partial charge in [-0.3, -0.25) is 13.9 Å². The first-order valence-corrected chi connectivity index (χ1v) is 15.9. The summed E-state index contributed by atoms with van der Waals surface area (Å²) >= 11 is 0. The van der Waals surface area contributed by atoms with E-state index in [1.807, 2.05) is 44.2 Å². The molecule has 10 heteroatoms. The fraction of sp³-hybridized carbons (Fsp3) is 0.375. The van der Waals surface area contributed by atoms with Gasteiger partial charge in [0.05, 0.1) is 19.1 Å². The largest absolute Gasteiger partial charge is 0.497 e. The Morgan fingerprint density at radius 2 is 1.67 bits per heavy atom. The summed E-state index contributed by atoms with van der Waals surface area (Å²) in [6.07, 6.45) is 2.34. The molecule has 3 rings (SSSR count). The highest BCUT2D eigenvalue weighted by molar-refractivity contribution is 7.92. The summed E-state index contributed by atoms with van der Waals surface area (Å²) in [5.74, 6) is -0.472. The maximum atomic E-state index is 13.9. The summed E-state index contributed by atoms with van der Waals surface area (Å²) in [5, 5.41) is 3.01. The molecule has 3 aromatic carbocycles. The quantitative estimate of drug-likeness (QED) is 0.268. The van der Waals surface area contributed by atoms with E-state index in [-0.39, 0.29) is 50.2 Å². The van der Waals surface area contributed by atoms with Crippen molar-refractivity contribution >= 4 is 27.5 Å². The van der Waals surface area contributed by atoms with E-state index in [4.69, 9.17) is 4.74 Å². The minimum Gasteiger partial charge on any atom is -0.497 e. The van der Waals surface area contributed by atoms with Crippen LogP contribution >= 0.6 is 0 Å². The van der Waals surface area contributed by atoms with Crippen LogP contribution in [-0.4, -0.2) is 57.1 Å². The van der Waals surface area contributed by atoms with Gasteiger partial charge in [0.25, 0.3) is 0 Å². The zero-order chi connectivity index (χ0) is 30.7. The molecule has 0 aliphatic rings. The molecule has 0 fully saturated rings. The molecule has 0 saturated heterocycles. The highest BCUT2D eigenvalue weighted by Gasteiger charge is 2.31. The molecule has 226 valence electrons. The number of sulfonamides is 1. The number of benzene rings is 3. The molecule has 1 N–H and O–H groups in total. The van der Waals surface area contributed by atoms with Crippen LogP contribution in [0.15, 0.2) is 78.9 Å². The van der Waals surface area contributed by atoms with Crippen molar-refractivity contribution in [1.29, 1.82) is 0 Å². The summed E-state index contributed by atoms with van der Waals surface area (Å²) in [6, 6.07) is 21.1. The van der Waals surface area contributed by atoms with Crippen LogP contribution in [0.25, 0.3) is 0 Å². The number of nitrogens with one attached hydrogen (secondary N) is 1. The summed E-state index contributed by atoms with van der Waals surface area (Å²) < 4.78 is 45.4. The predicted octanol–water partition coefficient (Wildman–Crippen LogP) is 4.94. The molecule has 8 nitrogen and oxygen atoms in total. The number of carbonyl (C=O) groups is 2. The van der Waals surface area contributed by atoms with Crippen LogP contribution in [-0.2, 0) is 32.6 Å². The Hall–Kier alpha value is -3.92. The summed E-state index contributed by atoms with van der Waals surface area (Å²) in [6.45, 7) is 4.02. The lowest BCUT2D eigenvalue weighted by atomic mass is 10.0. The molecule has 0 unspecified atom stereocenters. The van der Waals surface area contributed by atoms with E-state index < -0.39 is 21.9 Å². The van der Waals surface area contributed by atoms with Crippen LogP contribution in [0, 0.1) is 5.82 Å². The van der Waals surface area contributed by atoms with Gasteiger partial charge in [0.2, 0.25) is 21.8 Å². The lowest BCUT2D eigenvalue weighted by molar-refractivity contribution is -0.141. The molecule has 0 aliphatic heterocycles. The van der Waals surface area contributed by atoms with E-state index in [1.165, 1.54) is 28.4 Å². The van der Waals surface area contributed by atoms with Crippen molar-refractivity contribution < 1.29 is 27.1 Å². The van der Waals surface area contributed by atoms with Gasteiger partial charge in [-0.05, 0) is 55.2 Å². The molecule has 3 aromatic rings. The van der Waals surface area contributed by atoms with E-state index in [0.29, 0.717) is 17.0 Å². The first kappa shape index (κ1) is 32.6. The monoisotopic (exact) mass is 597 g/mol. The minimum atomic E-state index is -3.65. The maximum absolute atomic E-state index is 13.9. The number of carbonyl (C=O) groups excluding carboxylic acids is 2. The van der Waals surface area contributed by atoms with Gasteiger partial charge in [-0.1, -0.05) is 55.5 Å². The first-order chi connectivity index (χ1) is 20.0. The van der Waals surface area contributed by atoms with Crippen molar-refractivity contribution in [3.8, 4) is 5.75 Å². The Morgan fingerprint density at radius 1 is 0.976 bits per heavy atom. The Bertz CT molecular complexity index is 1420. The number of amides is 2. The third-order valence-electron chi connectivity index (χ3n) is 7.03. The minimum absolute atomic E-state index is 0.000909. The topological polar surface area (TPSA) is 96.0 Å². The molecule has 0 aromatic heterocycles. The van der Waals surface area contributed by atoms with Crippen molar-refractivity contribution in [3.63, 3.8) is 0 Å². The van der Waals surface area contributed by atoms with E-state index >= 15 is 0 Å². The van der Waals surface area contributed by atoms with Gasteiger partial charge in [-0.25, -0.2) is 12.8 Å². The Labute approximate surface area is 248 Å². The third-order valence-corrected chi connectivity index (χ3v) is 8.23. The number of ether oxygens (including phenoxy) is 1. The van der Waals surface area contributed by atoms with Gasteiger partial charge in [0, 0.05) is 38.0 Å². The Kier molecular flexibility index (Phi) is 11.9. The SMILES string of the molecule is CC[C@@H](C)NC(=O)[C@H](Cc1ccccc1)N(Cc1ccc(F)cc1)C(=O)CCCN(c1cccc(OC)c1)S(C)(=O)=O. The van der Waals surface area contributed by atoms with Crippen LogP contribution < -0.4 is 14.4 Å². The Balaban J connectivity index is 1.89. The number of rotatable bonds is 15. The molecule has 0 saturated carbocycles. The molecule has 0 spiro atoms. The van der Waals surface area contributed by atoms with Crippen molar-refractivity contribution in [2.75, 3.05) is 24.2 Å².